The van der Waals surface area contributed by atoms with E-state index in [1.54, 1.807) is 48.1 Å². The molecule has 2 bridgehead atoms. The second kappa shape index (κ2) is 11.1. The lowest BCUT2D eigenvalue weighted by Crippen LogP contribution is -2.31. The molecule has 2 unspecified atom stereocenters. The summed E-state index contributed by atoms with van der Waals surface area (Å²) in [6.07, 6.45) is 5.77. The van der Waals surface area contributed by atoms with Gasteiger partial charge in [0.25, 0.3) is 15.9 Å². The molecule has 0 radical (unpaired) electrons. The van der Waals surface area contributed by atoms with E-state index < -0.39 is 22.0 Å². The number of fused-ring (bicyclic) bond motifs is 3. The number of hydrogen-bond acceptors (Lipinski definition) is 7. The van der Waals surface area contributed by atoms with E-state index >= 15 is 0 Å². The van der Waals surface area contributed by atoms with Crippen LogP contribution in [0.2, 0.25) is 0 Å². The number of carbonyl (C=O) groups excluding carboxylic acids is 2. The Kier molecular flexibility index (Phi) is 7.36. The van der Waals surface area contributed by atoms with Crippen LogP contribution in [0.25, 0.3) is 10.9 Å². The number of nitrogens with one attached hydrogen (secondary N) is 2. The number of hydrogen-bond donors (Lipinski definition) is 2. The highest BCUT2D eigenvalue weighted by Gasteiger charge is 2.41. The average molecular weight is 589 g/mol. The third kappa shape index (κ3) is 5.56. The normalized spacial score (nSPS) is 19.5. The lowest BCUT2D eigenvalue weighted by molar-refractivity contribution is 0.0755. The standard InChI is InChI=1S/C31H32N4O6S/c1-19-5-3-4-6-29(19)42(38,39)34-30(36)22-9-10-24(27(15-22)40-2)18-35-26-16-25(12-11-23(26)17-32-35)33-31(37)41-28-14-20-7-8-21(28)13-20/h3-6,9-12,15-17,20-21,28H,7-8,13-14,18H2,1-2H3,(H,33,37)(H,34,36)/t20?,21?,28-/m0/s1. The molecule has 1 heterocycles. The van der Waals surface area contributed by atoms with Gasteiger partial charge in [0.15, 0.2) is 0 Å². The Hall–Kier alpha value is -4.38. The minimum atomic E-state index is -4.05. The van der Waals surface area contributed by atoms with Crippen molar-refractivity contribution in [3.8, 4) is 5.75 Å². The summed E-state index contributed by atoms with van der Waals surface area (Å²) < 4.78 is 40.8. The number of benzene rings is 3. The lowest BCUT2D eigenvalue weighted by atomic mass is 9.98. The second-order valence-corrected chi connectivity index (χ2v) is 12.7. The maximum absolute atomic E-state index is 12.9. The van der Waals surface area contributed by atoms with Gasteiger partial charge in [-0.25, -0.2) is 17.9 Å². The summed E-state index contributed by atoms with van der Waals surface area (Å²) in [5, 5.41) is 8.25. The zero-order chi connectivity index (χ0) is 29.4. The van der Waals surface area contributed by atoms with Crippen molar-refractivity contribution in [2.24, 2.45) is 11.8 Å². The minimum absolute atomic E-state index is 0.00177. The molecule has 3 atom stereocenters. The number of nitrogens with zero attached hydrogens (tertiary/aromatic N) is 2. The van der Waals surface area contributed by atoms with Crippen LogP contribution in [0.5, 0.6) is 5.75 Å². The van der Waals surface area contributed by atoms with Crippen LogP contribution >= 0.6 is 0 Å². The van der Waals surface area contributed by atoms with Gasteiger partial charge >= 0.3 is 6.09 Å². The van der Waals surface area contributed by atoms with Gasteiger partial charge in [0, 0.05) is 22.2 Å². The Morgan fingerprint density at radius 1 is 1.05 bits per heavy atom. The van der Waals surface area contributed by atoms with E-state index in [9.17, 15) is 18.0 Å². The van der Waals surface area contributed by atoms with Gasteiger partial charge < -0.3 is 9.47 Å². The molecule has 0 spiro atoms. The maximum atomic E-state index is 12.9. The number of carbonyl (C=O) groups is 2. The fraction of sp³-hybridized carbons (Fsp3) is 0.323. The van der Waals surface area contributed by atoms with Crippen molar-refractivity contribution in [1.82, 2.24) is 14.5 Å². The van der Waals surface area contributed by atoms with E-state index in [1.807, 2.05) is 18.2 Å². The molecule has 2 N–H and O–H groups in total. The summed E-state index contributed by atoms with van der Waals surface area (Å²) in [6, 6.07) is 16.7. The fourth-order valence-electron chi connectivity index (χ4n) is 6.16. The number of methoxy groups -OCH3 is 1. The number of anilines is 1. The largest absolute Gasteiger partial charge is 0.496 e. The van der Waals surface area contributed by atoms with Gasteiger partial charge in [0.05, 0.1) is 30.3 Å². The third-order valence-corrected chi connectivity index (χ3v) is 9.79. The zero-order valence-electron chi connectivity index (χ0n) is 23.4. The van der Waals surface area contributed by atoms with Crippen LogP contribution in [-0.4, -0.2) is 43.4 Å². The Morgan fingerprint density at radius 2 is 1.88 bits per heavy atom. The van der Waals surface area contributed by atoms with Gasteiger partial charge in [-0.3, -0.25) is 14.8 Å². The molecular formula is C31H32N4O6S. The molecule has 2 amide bonds. The topological polar surface area (TPSA) is 129 Å². The highest BCUT2D eigenvalue weighted by Crippen LogP contribution is 2.46. The smallest absolute Gasteiger partial charge is 0.411 e. The average Bonchev–Trinajstić information content (AvgIpc) is 3.69. The molecule has 2 fully saturated rings. The summed E-state index contributed by atoms with van der Waals surface area (Å²) in [4.78, 5) is 25.5. The first kappa shape index (κ1) is 27.8. The van der Waals surface area contributed by atoms with Crippen molar-refractivity contribution in [1.29, 1.82) is 0 Å². The van der Waals surface area contributed by atoms with Crippen LogP contribution in [0.1, 0.15) is 47.2 Å². The monoisotopic (exact) mass is 588 g/mol. The number of aromatic nitrogens is 2. The number of amides is 2. The highest BCUT2D eigenvalue weighted by molar-refractivity contribution is 7.90. The number of sulfonamides is 1. The van der Waals surface area contributed by atoms with E-state index in [-0.39, 0.29) is 16.6 Å². The molecule has 6 rings (SSSR count). The van der Waals surface area contributed by atoms with Crippen LogP contribution < -0.4 is 14.8 Å². The van der Waals surface area contributed by atoms with Gasteiger partial charge in [-0.2, -0.15) is 5.10 Å². The molecule has 2 aliphatic rings. The molecule has 1 aromatic heterocycles. The van der Waals surface area contributed by atoms with Crippen LogP contribution in [-0.2, 0) is 21.3 Å². The molecule has 2 aliphatic carbocycles. The van der Waals surface area contributed by atoms with Gasteiger partial charge in [-0.15, -0.1) is 0 Å². The Labute approximate surface area is 244 Å². The summed E-state index contributed by atoms with van der Waals surface area (Å²) in [6.45, 7) is 1.98. The molecule has 2 saturated carbocycles. The van der Waals surface area contributed by atoms with E-state index in [2.05, 4.69) is 15.1 Å². The SMILES string of the molecule is COc1cc(C(=O)NS(=O)(=O)c2ccccc2C)ccc1Cn1ncc2ccc(NC(=O)O[C@H]3CC4CCC3C4)cc21. The minimum Gasteiger partial charge on any atom is -0.496 e. The Bertz CT molecular complexity index is 1780. The molecule has 3 aromatic carbocycles. The molecule has 42 heavy (non-hydrogen) atoms. The summed E-state index contributed by atoms with van der Waals surface area (Å²) in [5.41, 5.74) is 2.80. The Balaban J connectivity index is 1.16. The van der Waals surface area contributed by atoms with Crippen molar-refractivity contribution < 1.29 is 27.5 Å². The van der Waals surface area contributed by atoms with Crippen molar-refractivity contribution in [3.05, 3.63) is 83.6 Å². The first-order valence-corrected chi connectivity index (χ1v) is 15.4. The summed E-state index contributed by atoms with van der Waals surface area (Å²) in [7, 11) is -2.57. The van der Waals surface area contributed by atoms with Gasteiger partial charge in [0.2, 0.25) is 0 Å². The predicted octanol–water partition coefficient (Wildman–Crippen LogP) is 5.26. The number of aryl methyl sites for hydroxylation is 1. The van der Waals surface area contributed by atoms with Crippen LogP contribution in [0.3, 0.4) is 0 Å². The molecule has 218 valence electrons. The van der Waals surface area contributed by atoms with Crippen molar-refractivity contribution in [2.75, 3.05) is 12.4 Å². The molecule has 11 heteroatoms. The van der Waals surface area contributed by atoms with Gasteiger partial charge in [-0.1, -0.05) is 24.3 Å². The molecule has 0 aliphatic heterocycles. The zero-order valence-corrected chi connectivity index (χ0v) is 24.2. The quantitative estimate of drug-likeness (QED) is 0.287. The molecule has 4 aromatic rings. The first-order valence-electron chi connectivity index (χ1n) is 13.9. The van der Waals surface area contributed by atoms with E-state index in [4.69, 9.17) is 9.47 Å². The second-order valence-electron chi connectivity index (χ2n) is 11.0. The summed E-state index contributed by atoms with van der Waals surface area (Å²) in [5.74, 6) is 0.809. The molecule has 10 nitrogen and oxygen atoms in total. The summed E-state index contributed by atoms with van der Waals surface area (Å²) >= 11 is 0. The predicted molar refractivity (Wildman–Crippen MR) is 157 cm³/mol. The Morgan fingerprint density at radius 3 is 2.62 bits per heavy atom. The van der Waals surface area contributed by atoms with Crippen LogP contribution in [0.4, 0.5) is 10.5 Å². The maximum Gasteiger partial charge on any atom is 0.411 e. The fourth-order valence-corrected chi connectivity index (χ4v) is 7.38. The van der Waals surface area contributed by atoms with E-state index in [0.717, 1.165) is 35.7 Å². The number of rotatable bonds is 8. The van der Waals surface area contributed by atoms with E-state index in [0.29, 0.717) is 35.4 Å². The van der Waals surface area contributed by atoms with Crippen molar-refractivity contribution >= 4 is 38.6 Å². The van der Waals surface area contributed by atoms with Gasteiger partial charge in [-0.05, 0) is 86.4 Å². The van der Waals surface area contributed by atoms with Crippen LogP contribution in [0.15, 0.2) is 71.8 Å². The highest BCUT2D eigenvalue weighted by atomic mass is 32.2. The van der Waals surface area contributed by atoms with Crippen molar-refractivity contribution in [2.45, 2.75) is 50.2 Å². The molecular weight excluding hydrogens is 556 g/mol. The first-order chi connectivity index (χ1) is 20.2. The van der Waals surface area contributed by atoms with Gasteiger partial charge in [0.1, 0.15) is 11.9 Å². The van der Waals surface area contributed by atoms with E-state index in [1.165, 1.54) is 25.7 Å². The lowest BCUT2D eigenvalue weighted by Gasteiger charge is -2.22. The third-order valence-electron chi connectivity index (χ3n) is 8.30. The van der Waals surface area contributed by atoms with Crippen molar-refractivity contribution in [3.63, 3.8) is 0 Å². The van der Waals surface area contributed by atoms with Crippen LogP contribution in [0, 0.1) is 18.8 Å². The molecule has 0 saturated heterocycles. The number of ether oxygens (including phenoxy) is 2.